The second kappa shape index (κ2) is 10.6. The molecule has 120 valence electrons. The molecule has 3 rings (SSSR count). The van der Waals surface area contributed by atoms with Gasteiger partial charge in [0.15, 0.2) is 0 Å². The Morgan fingerprint density at radius 3 is 2.05 bits per heavy atom. The lowest BCUT2D eigenvalue weighted by Crippen LogP contribution is -2.23. The van der Waals surface area contributed by atoms with E-state index in [-0.39, 0.29) is 19.3 Å². The van der Waals surface area contributed by atoms with Crippen molar-refractivity contribution in [1.29, 1.82) is 0 Å². The summed E-state index contributed by atoms with van der Waals surface area (Å²) in [6, 6.07) is 18.2. The van der Waals surface area contributed by atoms with Gasteiger partial charge in [-0.1, -0.05) is 83.7 Å². The highest BCUT2D eigenvalue weighted by molar-refractivity contribution is 5.95. The molecule has 0 aromatic heterocycles. The zero-order valence-electron chi connectivity index (χ0n) is 13.4. The van der Waals surface area contributed by atoms with Crippen LogP contribution >= 0.6 is 0 Å². The number of hydrogen-bond donors (Lipinski definition) is 1. The molecule has 0 bridgehead atoms. The highest BCUT2D eigenvalue weighted by Crippen LogP contribution is 2.36. The molecule has 0 spiro atoms. The monoisotopic (exact) mass is 299 g/mol. The van der Waals surface area contributed by atoms with E-state index in [9.17, 15) is 4.79 Å². The van der Waals surface area contributed by atoms with E-state index in [4.69, 9.17) is 0 Å². The smallest absolute Gasteiger partial charge is 0.225 e. The zero-order chi connectivity index (χ0) is 15.7. The van der Waals surface area contributed by atoms with Crippen molar-refractivity contribution in [3.8, 4) is 0 Å². The van der Waals surface area contributed by atoms with Gasteiger partial charge in [-0.2, -0.15) is 0 Å². The molecule has 2 aromatic carbocycles. The van der Waals surface area contributed by atoms with E-state index >= 15 is 0 Å². The summed E-state index contributed by atoms with van der Waals surface area (Å²) >= 11 is 0. The van der Waals surface area contributed by atoms with Crippen LogP contribution in [0.15, 0.2) is 54.6 Å². The summed E-state index contributed by atoms with van der Waals surface area (Å²) in [7, 11) is 0. The van der Waals surface area contributed by atoms with E-state index in [1.807, 2.05) is 64.1 Å². The molecule has 1 heterocycles. The molecule has 0 radical (unpaired) electrons. The molecule has 1 amide bonds. The zero-order valence-corrected chi connectivity index (χ0v) is 13.4. The summed E-state index contributed by atoms with van der Waals surface area (Å²) in [5, 5.41) is 2.92. The Balaban J connectivity index is 0.000000819. The van der Waals surface area contributed by atoms with Crippen LogP contribution in [0.4, 0.5) is 5.69 Å². The Kier molecular flexibility index (Phi) is 9.60. The third kappa shape index (κ3) is 4.73. The minimum Gasteiger partial charge on any atom is -0.326 e. The summed E-state index contributed by atoms with van der Waals surface area (Å²) in [6.45, 7) is 8.00. The predicted octanol–water partition coefficient (Wildman–Crippen LogP) is 5.85. The molecule has 2 aromatic rings. The van der Waals surface area contributed by atoms with E-state index in [1.165, 1.54) is 11.1 Å². The molecule has 0 aliphatic carbocycles. The van der Waals surface area contributed by atoms with Crippen molar-refractivity contribution in [2.24, 2.45) is 0 Å². The normalized spacial score (nSPS) is 14.7. The first-order valence-corrected chi connectivity index (χ1v) is 7.78. The van der Waals surface area contributed by atoms with Crippen molar-refractivity contribution >= 4 is 11.6 Å². The fourth-order valence-electron chi connectivity index (χ4n) is 2.39. The fourth-order valence-corrected chi connectivity index (χ4v) is 2.39. The van der Waals surface area contributed by atoms with Crippen molar-refractivity contribution in [3.63, 3.8) is 0 Å². The van der Waals surface area contributed by atoms with Crippen LogP contribution in [0.2, 0.25) is 0 Å². The number of carbonyl (C=O) groups is 1. The maximum absolute atomic E-state index is 11.7. The van der Waals surface area contributed by atoms with Gasteiger partial charge in [-0.05, 0) is 17.2 Å². The van der Waals surface area contributed by atoms with Gasteiger partial charge in [-0.15, -0.1) is 0 Å². The third-order valence-corrected chi connectivity index (χ3v) is 3.20. The summed E-state index contributed by atoms with van der Waals surface area (Å²) in [4.78, 5) is 11.7. The van der Waals surface area contributed by atoms with Crippen LogP contribution in [0.5, 0.6) is 0 Å². The standard InChI is InChI=1S/C15H13NO.2C2H6.CH4/c17-15-10-13(11-6-2-1-3-7-11)12-8-4-5-9-14(12)16-15;2*1-2;/h1-9,13H,10H2,(H,16,17);2*1-2H3;1H4. The highest BCUT2D eigenvalue weighted by atomic mass is 16.1. The van der Waals surface area contributed by atoms with Crippen LogP contribution in [0.3, 0.4) is 0 Å². The molecule has 0 fully saturated rings. The van der Waals surface area contributed by atoms with Crippen LogP contribution in [0.1, 0.15) is 58.6 Å². The van der Waals surface area contributed by atoms with Crippen molar-refractivity contribution in [2.75, 3.05) is 5.32 Å². The Morgan fingerprint density at radius 2 is 1.41 bits per heavy atom. The van der Waals surface area contributed by atoms with Gasteiger partial charge in [0.25, 0.3) is 0 Å². The highest BCUT2D eigenvalue weighted by Gasteiger charge is 2.25. The van der Waals surface area contributed by atoms with Crippen molar-refractivity contribution in [1.82, 2.24) is 0 Å². The van der Waals surface area contributed by atoms with Gasteiger partial charge in [-0.25, -0.2) is 0 Å². The predicted molar refractivity (Wildman–Crippen MR) is 97.4 cm³/mol. The topological polar surface area (TPSA) is 29.1 Å². The number of fused-ring (bicyclic) bond motifs is 1. The minimum absolute atomic E-state index is 0. The van der Waals surface area contributed by atoms with E-state index in [0.29, 0.717) is 6.42 Å². The quantitative estimate of drug-likeness (QED) is 0.703. The number of carbonyl (C=O) groups excluding carboxylic acids is 1. The van der Waals surface area contributed by atoms with Crippen molar-refractivity contribution < 1.29 is 4.79 Å². The first-order chi connectivity index (χ1) is 10.3. The van der Waals surface area contributed by atoms with Gasteiger partial charge >= 0.3 is 0 Å². The van der Waals surface area contributed by atoms with Crippen LogP contribution < -0.4 is 5.32 Å². The third-order valence-electron chi connectivity index (χ3n) is 3.20. The van der Waals surface area contributed by atoms with Crippen molar-refractivity contribution in [3.05, 3.63) is 65.7 Å². The second-order valence-corrected chi connectivity index (χ2v) is 4.30. The lowest BCUT2D eigenvalue weighted by Gasteiger charge is -2.25. The van der Waals surface area contributed by atoms with Gasteiger partial charge in [0.05, 0.1) is 0 Å². The van der Waals surface area contributed by atoms with E-state index in [0.717, 1.165) is 5.69 Å². The maximum Gasteiger partial charge on any atom is 0.225 e. The lowest BCUT2D eigenvalue weighted by molar-refractivity contribution is -0.116. The van der Waals surface area contributed by atoms with Gasteiger partial charge in [0.2, 0.25) is 5.91 Å². The van der Waals surface area contributed by atoms with Gasteiger partial charge in [0.1, 0.15) is 0 Å². The number of benzene rings is 2. The molecule has 0 saturated carbocycles. The maximum atomic E-state index is 11.7. The Bertz CT molecular complexity index is 549. The van der Waals surface area contributed by atoms with Crippen molar-refractivity contribution in [2.45, 2.75) is 47.5 Å². The SMILES string of the molecule is C.CC.CC.O=C1CC(c2ccccc2)c2ccccc2N1. The van der Waals surface area contributed by atoms with Crippen LogP contribution in [0.25, 0.3) is 0 Å². The average molecular weight is 299 g/mol. The summed E-state index contributed by atoms with van der Waals surface area (Å²) in [6.07, 6.45) is 0.529. The van der Waals surface area contributed by atoms with E-state index in [1.54, 1.807) is 0 Å². The number of amides is 1. The number of rotatable bonds is 1. The van der Waals surface area contributed by atoms with E-state index in [2.05, 4.69) is 23.5 Å². The van der Waals surface area contributed by atoms with Gasteiger partial charge in [0, 0.05) is 18.0 Å². The molecule has 1 N–H and O–H groups in total. The molecule has 1 aliphatic heterocycles. The number of nitrogens with one attached hydrogen (secondary N) is 1. The Morgan fingerprint density at radius 1 is 0.864 bits per heavy atom. The molecular weight excluding hydrogens is 270 g/mol. The average Bonchev–Trinajstić information content (AvgIpc) is 2.58. The van der Waals surface area contributed by atoms with Crippen LogP contribution in [-0.4, -0.2) is 5.91 Å². The number of hydrogen-bond acceptors (Lipinski definition) is 1. The molecule has 0 saturated heterocycles. The molecule has 22 heavy (non-hydrogen) atoms. The van der Waals surface area contributed by atoms with Crippen LogP contribution in [0, 0.1) is 0 Å². The summed E-state index contributed by atoms with van der Waals surface area (Å²) in [5.74, 6) is 0.277. The van der Waals surface area contributed by atoms with Crippen LogP contribution in [-0.2, 0) is 4.79 Å². The molecule has 1 aliphatic rings. The molecule has 1 unspecified atom stereocenters. The van der Waals surface area contributed by atoms with Gasteiger partial charge in [-0.3, -0.25) is 4.79 Å². The largest absolute Gasteiger partial charge is 0.326 e. The van der Waals surface area contributed by atoms with E-state index < -0.39 is 0 Å². The summed E-state index contributed by atoms with van der Waals surface area (Å²) in [5.41, 5.74) is 3.35. The first-order valence-electron chi connectivity index (χ1n) is 7.78. The Labute approximate surface area is 135 Å². The fraction of sp³-hybridized carbons (Fsp3) is 0.350. The second-order valence-electron chi connectivity index (χ2n) is 4.30. The van der Waals surface area contributed by atoms with Gasteiger partial charge < -0.3 is 5.32 Å². The molecule has 2 nitrogen and oxygen atoms in total. The first kappa shape index (κ1) is 19.9. The lowest BCUT2D eigenvalue weighted by atomic mass is 9.85. The summed E-state index contributed by atoms with van der Waals surface area (Å²) < 4.78 is 0. The number of anilines is 1. The number of para-hydroxylation sites is 1. The molecular formula is C20H29NO. The Hall–Kier alpha value is -2.09. The molecule has 2 heteroatoms. The minimum atomic E-state index is 0. The molecule has 1 atom stereocenters.